The number of anilines is 2. The molecule has 29 heavy (non-hydrogen) atoms. The fourth-order valence-electron chi connectivity index (χ4n) is 3.66. The molecule has 0 aromatic heterocycles. The molecule has 0 fully saturated rings. The molecule has 2 aromatic rings. The Balaban J connectivity index is 1.53. The molecule has 2 heterocycles. The molecule has 2 aliphatic heterocycles. The number of fused-ring (bicyclic) bond motifs is 2. The summed E-state index contributed by atoms with van der Waals surface area (Å²) in [4.78, 5) is 27.4. The summed E-state index contributed by atoms with van der Waals surface area (Å²) in [5.41, 5.74) is 2.48. The largest absolute Gasteiger partial charge is 0.324 e. The van der Waals surface area contributed by atoms with Crippen molar-refractivity contribution in [3.63, 3.8) is 0 Å². The molecule has 2 aromatic carbocycles. The molecule has 152 valence electrons. The summed E-state index contributed by atoms with van der Waals surface area (Å²) in [5.74, 6) is -0.338. The Hall–Kier alpha value is -2.32. The maximum absolute atomic E-state index is 13.1. The number of carbonyl (C=O) groups excluding carboxylic acids is 2. The summed E-state index contributed by atoms with van der Waals surface area (Å²) in [6.07, 6.45) is 0.690. The van der Waals surface area contributed by atoms with Crippen molar-refractivity contribution in [3.05, 3.63) is 48.0 Å². The van der Waals surface area contributed by atoms with Crippen LogP contribution in [0.4, 0.5) is 11.4 Å². The topological polar surface area (TPSA) is 83.6 Å². The van der Waals surface area contributed by atoms with E-state index >= 15 is 0 Å². The number of nitrogens with one attached hydrogen (secondary N) is 1. The smallest absolute Gasteiger partial charge is 0.237 e. The van der Waals surface area contributed by atoms with Crippen LogP contribution in [-0.2, 0) is 25.8 Å². The Morgan fingerprint density at radius 1 is 1.28 bits per heavy atom. The van der Waals surface area contributed by atoms with Crippen molar-refractivity contribution in [2.75, 3.05) is 16.8 Å². The van der Waals surface area contributed by atoms with Crippen LogP contribution in [-0.4, -0.2) is 37.3 Å². The molecule has 6 nitrogen and oxygen atoms in total. The first kappa shape index (κ1) is 20.0. The number of thioether (sulfide) groups is 1. The zero-order valence-electron chi connectivity index (χ0n) is 16.2. The fraction of sp³-hybridized carbons (Fsp3) is 0.333. The summed E-state index contributed by atoms with van der Waals surface area (Å²) >= 11 is 1.40. The predicted octanol–water partition coefficient (Wildman–Crippen LogP) is 3.26. The summed E-state index contributed by atoms with van der Waals surface area (Å²) in [7, 11) is -3.71. The molecule has 2 amide bonds. The first-order chi connectivity index (χ1) is 13.8. The van der Waals surface area contributed by atoms with Gasteiger partial charge in [0.15, 0.2) is 9.84 Å². The van der Waals surface area contributed by atoms with Gasteiger partial charge in [0.2, 0.25) is 11.8 Å². The highest BCUT2D eigenvalue weighted by Crippen LogP contribution is 2.37. The van der Waals surface area contributed by atoms with Crippen molar-refractivity contribution in [1.29, 1.82) is 0 Å². The second kappa shape index (κ2) is 7.50. The van der Waals surface area contributed by atoms with Crippen molar-refractivity contribution < 1.29 is 18.0 Å². The van der Waals surface area contributed by atoms with Gasteiger partial charge >= 0.3 is 0 Å². The average Bonchev–Trinajstić information content (AvgIpc) is 3.12. The molecular formula is C21H22N2O4S2. The first-order valence-electron chi connectivity index (χ1n) is 9.51. The number of amides is 2. The van der Waals surface area contributed by atoms with Gasteiger partial charge in [0.05, 0.1) is 21.1 Å². The maximum atomic E-state index is 13.1. The molecule has 0 bridgehead atoms. The zero-order chi connectivity index (χ0) is 20.8. The van der Waals surface area contributed by atoms with Crippen LogP contribution < -0.4 is 10.2 Å². The lowest BCUT2D eigenvalue weighted by atomic mass is 10.2. The Labute approximate surface area is 174 Å². The van der Waals surface area contributed by atoms with E-state index in [2.05, 4.69) is 5.32 Å². The van der Waals surface area contributed by atoms with Crippen LogP contribution in [0.25, 0.3) is 0 Å². The summed E-state index contributed by atoms with van der Waals surface area (Å²) in [5, 5.41) is 1.67. The third-order valence-corrected chi connectivity index (χ3v) is 8.71. The van der Waals surface area contributed by atoms with E-state index in [0.717, 1.165) is 22.6 Å². The van der Waals surface area contributed by atoms with Crippen LogP contribution in [0.1, 0.15) is 25.8 Å². The third-order valence-electron chi connectivity index (χ3n) is 5.39. The quantitative estimate of drug-likeness (QED) is 0.805. The lowest BCUT2D eigenvalue weighted by Crippen LogP contribution is -2.33. The minimum absolute atomic E-state index is 0.0914. The van der Waals surface area contributed by atoms with Gasteiger partial charge < -0.3 is 10.2 Å². The second-order valence-corrected chi connectivity index (χ2v) is 11.1. The molecular weight excluding hydrogens is 408 g/mol. The Morgan fingerprint density at radius 2 is 2.03 bits per heavy atom. The van der Waals surface area contributed by atoms with E-state index < -0.39 is 15.1 Å². The lowest BCUT2D eigenvalue weighted by molar-refractivity contribution is -0.118. The molecule has 1 N–H and O–H groups in total. The number of sulfone groups is 1. The Bertz CT molecular complexity index is 1100. The molecule has 0 saturated carbocycles. The highest BCUT2D eigenvalue weighted by molar-refractivity contribution is 8.01. The number of nitrogens with zero attached hydrogens (tertiary/aromatic N) is 1. The number of hydrogen-bond acceptors (Lipinski definition) is 5. The van der Waals surface area contributed by atoms with Gasteiger partial charge in [0.25, 0.3) is 0 Å². The average molecular weight is 431 g/mol. The third kappa shape index (κ3) is 3.67. The zero-order valence-corrected chi connectivity index (χ0v) is 17.8. The molecule has 2 atom stereocenters. The fourth-order valence-corrected chi connectivity index (χ4v) is 5.96. The van der Waals surface area contributed by atoms with Crippen molar-refractivity contribution in [2.24, 2.45) is 0 Å². The first-order valence-corrected chi connectivity index (χ1v) is 11.9. The molecule has 0 spiro atoms. The van der Waals surface area contributed by atoms with Gasteiger partial charge in [-0.3, -0.25) is 9.59 Å². The van der Waals surface area contributed by atoms with E-state index in [1.54, 1.807) is 30.9 Å². The summed E-state index contributed by atoms with van der Waals surface area (Å²) in [6, 6.07) is 12.5. The van der Waals surface area contributed by atoms with Crippen LogP contribution in [0.15, 0.2) is 52.3 Å². The molecule has 0 unspecified atom stereocenters. The van der Waals surface area contributed by atoms with E-state index in [1.165, 1.54) is 17.8 Å². The van der Waals surface area contributed by atoms with E-state index in [0.29, 0.717) is 12.2 Å². The number of hydrogen-bond donors (Lipinski definition) is 1. The molecule has 2 aliphatic rings. The summed E-state index contributed by atoms with van der Waals surface area (Å²) < 4.78 is 26.1. The second-order valence-electron chi connectivity index (χ2n) is 7.39. The van der Waals surface area contributed by atoms with Gasteiger partial charge in [-0.25, -0.2) is 8.42 Å². The van der Waals surface area contributed by atoms with Crippen molar-refractivity contribution in [2.45, 2.75) is 47.0 Å². The van der Waals surface area contributed by atoms with E-state index in [1.807, 2.05) is 24.3 Å². The van der Waals surface area contributed by atoms with Crippen LogP contribution >= 0.6 is 11.8 Å². The number of para-hydroxylation sites is 1. The van der Waals surface area contributed by atoms with Crippen LogP contribution in [0, 0.1) is 0 Å². The van der Waals surface area contributed by atoms with E-state index in [-0.39, 0.29) is 28.4 Å². The Kier molecular flexibility index (Phi) is 5.16. The van der Waals surface area contributed by atoms with Crippen LogP contribution in [0.2, 0.25) is 0 Å². The van der Waals surface area contributed by atoms with Crippen molar-refractivity contribution in [3.8, 4) is 0 Å². The number of rotatable bonds is 4. The van der Waals surface area contributed by atoms with Crippen molar-refractivity contribution in [1.82, 2.24) is 0 Å². The van der Waals surface area contributed by atoms with Crippen molar-refractivity contribution >= 4 is 44.8 Å². The molecule has 8 heteroatoms. The molecule has 0 radical (unpaired) electrons. The standard InChI is InChI=1S/C21H22N2O4S2/c1-13(11-20(24)23-10-9-15-5-3-4-6-18(15)23)29(26,27)16-7-8-19-17(12-16)22-21(25)14(2)28-19/h3-8,12-14H,9-11H2,1-2H3,(H,22,25)/t13-,14+/m1/s1. The van der Waals surface area contributed by atoms with E-state index in [4.69, 9.17) is 0 Å². The normalized spacial score (nSPS) is 19.3. The minimum Gasteiger partial charge on any atom is -0.324 e. The Morgan fingerprint density at radius 3 is 2.83 bits per heavy atom. The molecule has 0 saturated heterocycles. The number of benzene rings is 2. The highest BCUT2D eigenvalue weighted by atomic mass is 32.2. The van der Waals surface area contributed by atoms with Gasteiger partial charge in [-0.15, -0.1) is 11.8 Å². The minimum atomic E-state index is -3.71. The SMILES string of the molecule is C[C@@H]1Sc2ccc(S(=O)(=O)[C@H](C)CC(=O)N3CCc4ccccc43)cc2NC1=O. The van der Waals surface area contributed by atoms with Crippen LogP contribution in [0.3, 0.4) is 0 Å². The van der Waals surface area contributed by atoms with Crippen LogP contribution in [0.5, 0.6) is 0 Å². The van der Waals surface area contributed by atoms with E-state index in [9.17, 15) is 18.0 Å². The monoisotopic (exact) mass is 430 g/mol. The van der Waals surface area contributed by atoms with Gasteiger partial charge in [-0.2, -0.15) is 0 Å². The van der Waals surface area contributed by atoms with Gasteiger partial charge in [0, 0.05) is 23.5 Å². The lowest BCUT2D eigenvalue weighted by Gasteiger charge is -2.23. The summed E-state index contributed by atoms with van der Waals surface area (Å²) in [6.45, 7) is 3.94. The molecule has 4 rings (SSSR count). The van der Waals surface area contributed by atoms with Gasteiger partial charge in [-0.05, 0) is 50.1 Å². The van der Waals surface area contributed by atoms with Gasteiger partial charge in [0.1, 0.15) is 0 Å². The number of carbonyl (C=O) groups is 2. The maximum Gasteiger partial charge on any atom is 0.237 e. The van der Waals surface area contributed by atoms with Gasteiger partial charge in [-0.1, -0.05) is 18.2 Å². The predicted molar refractivity (Wildman–Crippen MR) is 114 cm³/mol. The molecule has 0 aliphatic carbocycles. The highest BCUT2D eigenvalue weighted by Gasteiger charge is 2.32.